The summed E-state index contributed by atoms with van der Waals surface area (Å²) in [5, 5.41) is 12.2. The Morgan fingerprint density at radius 1 is 1.22 bits per heavy atom. The monoisotopic (exact) mass is 305 g/mol. The van der Waals surface area contributed by atoms with Gasteiger partial charge in [-0.3, -0.25) is 9.67 Å². The van der Waals surface area contributed by atoms with E-state index in [1.54, 1.807) is 10.9 Å². The Bertz CT molecular complexity index is 676. The smallest absolute Gasteiger partial charge is 0.269 e. The minimum absolute atomic E-state index is 0.364. The van der Waals surface area contributed by atoms with Crippen LogP contribution in [0, 0.1) is 0 Å². The van der Waals surface area contributed by atoms with Crippen LogP contribution in [-0.4, -0.2) is 25.0 Å². The Morgan fingerprint density at radius 3 is 2.72 bits per heavy atom. The number of hydrogen-bond donors (Lipinski definition) is 0. The van der Waals surface area contributed by atoms with E-state index < -0.39 is 0 Å². The Morgan fingerprint density at radius 2 is 2.06 bits per heavy atom. The van der Waals surface area contributed by atoms with Crippen molar-refractivity contribution in [2.24, 2.45) is 7.05 Å². The van der Waals surface area contributed by atoms with E-state index in [1.807, 2.05) is 31.4 Å². The zero-order chi connectivity index (χ0) is 12.5. The lowest BCUT2D eigenvalue weighted by Gasteiger charge is -1.91. The molecule has 3 rings (SSSR count). The molecule has 90 valence electrons. The van der Waals surface area contributed by atoms with Gasteiger partial charge in [0.15, 0.2) is 5.69 Å². The highest BCUT2D eigenvalue weighted by molar-refractivity contribution is 9.10. The Balaban J connectivity index is 2.02. The molecule has 0 aromatic carbocycles. The quantitative estimate of drug-likeness (QED) is 0.726. The molecular formula is C11H8BrN5O. The third-order valence-electron chi connectivity index (χ3n) is 2.30. The topological polar surface area (TPSA) is 69.6 Å². The molecule has 0 aliphatic rings. The summed E-state index contributed by atoms with van der Waals surface area (Å²) in [4.78, 5) is 4.15. The number of pyridine rings is 1. The van der Waals surface area contributed by atoms with Crippen LogP contribution in [-0.2, 0) is 7.05 Å². The Labute approximate surface area is 111 Å². The molecule has 3 aromatic heterocycles. The van der Waals surface area contributed by atoms with Gasteiger partial charge in [0.05, 0.1) is 4.47 Å². The minimum atomic E-state index is 0.364. The van der Waals surface area contributed by atoms with E-state index in [9.17, 15) is 0 Å². The fourth-order valence-electron chi connectivity index (χ4n) is 1.52. The molecule has 0 saturated heterocycles. The summed E-state index contributed by atoms with van der Waals surface area (Å²) in [6, 6.07) is 5.50. The zero-order valence-corrected chi connectivity index (χ0v) is 11.0. The molecule has 0 aliphatic carbocycles. The first kappa shape index (κ1) is 11.1. The van der Waals surface area contributed by atoms with Crippen LogP contribution < -0.4 is 0 Å². The molecule has 0 amide bonds. The molecule has 0 bridgehead atoms. The molecular weight excluding hydrogens is 298 g/mol. The van der Waals surface area contributed by atoms with E-state index in [1.165, 1.54) is 0 Å². The molecule has 0 N–H and O–H groups in total. The first-order chi connectivity index (χ1) is 8.74. The highest BCUT2D eigenvalue weighted by Gasteiger charge is 2.16. The fourth-order valence-corrected chi connectivity index (χ4v) is 2.06. The van der Waals surface area contributed by atoms with Crippen molar-refractivity contribution in [3.8, 4) is 23.2 Å². The summed E-state index contributed by atoms with van der Waals surface area (Å²) < 4.78 is 8.04. The van der Waals surface area contributed by atoms with Gasteiger partial charge < -0.3 is 4.42 Å². The van der Waals surface area contributed by atoms with Crippen molar-refractivity contribution < 1.29 is 4.42 Å². The van der Waals surface area contributed by atoms with Crippen LogP contribution in [0.1, 0.15) is 0 Å². The van der Waals surface area contributed by atoms with Crippen molar-refractivity contribution in [2.75, 3.05) is 0 Å². The number of aryl methyl sites for hydroxylation is 1. The lowest BCUT2D eigenvalue weighted by atomic mass is 10.3. The van der Waals surface area contributed by atoms with Gasteiger partial charge >= 0.3 is 0 Å². The number of halogens is 1. The first-order valence-electron chi connectivity index (χ1n) is 5.18. The summed E-state index contributed by atoms with van der Waals surface area (Å²) >= 11 is 3.39. The highest BCUT2D eigenvalue weighted by atomic mass is 79.9. The van der Waals surface area contributed by atoms with Gasteiger partial charge in [0.25, 0.3) is 11.8 Å². The van der Waals surface area contributed by atoms with Gasteiger partial charge in [-0.05, 0) is 28.1 Å². The maximum atomic E-state index is 5.56. The molecule has 0 atom stereocenters. The third-order valence-corrected chi connectivity index (χ3v) is 2.88. The van der Waals surface area contributed by atoms with Crippen molar-refractivity contribution in [1.82, 2.24) is 25.0 Å². The average Bonchev–Trinajstić information content (AvgIpc) is 2.97. The molecule has 3 aromatic rings. The molecule has 0 saturated carbocycles. The molecule has 18 heavy (non-hydrogen) atoms. The van der Waals surface area contributed by atoms with Gasteiger partial charge in [-0.15, -0.1) is 10.2 Å². The van der Waals surface area contributed by atoms with Crippen molar-refractivity contribution in [3.05, 3.63) is 35.1 Å². The van der Waals surface area contributed by atoms with Crippen molar-refractivity contribution in [3.63, 3.8) is 0 Å². The van der Waals surface area contributed by atoms with E-state index in [4.69, 9.17) is 4.42 Å². The maximum absolute atomic E-state index is 5.56. The first-order valence-corrected chi connectivity index (χ1v) is 5.98. The minimum Gasteiger partial charge on any atom is -0.413 e. The van der Waals surface area contributed by atoms with E-state index in [0.717, 1.165) is 4.47 Å². The predicted molar refractivity (Wildman–Crippen MR) is 67.4 cm³/mol. The number of nitrogens with zero attached hydrogens (tertiary/aromatic N) is 5. The van der Waals surface area contributed by atoms with Crippen molar-refractivity contribution in [1.29, 1.82) is 0 Å². The number of aromatic nitrogens is 5. The van der Waals surface area contributed by atoms with E-state index in [-0.39, 0.29) is 0 Å². The highest BCUT2D eigenvalue weighted by Crippen LogP contribution is 2.27. The van der Waals surface area contributed by atoms with Crippen LogP contribution in [0.25, 0.3) is 23.2 Å². The summed E-state index contributed by atoms with van der Waals surface area (Å²) in [5.74, 6) is 0.742. The largest absolute Gasteiger partial charge is 0.413 e. The molecule has 3 heterocycles. The standard InChI is InChI=1S/C11H8BrN5O/c1-17-6-7(12)9(16-17)11-15-14-10(18-11)8-4-2-3-5-13-8/h2-6H,1H3. The molecule has 0 fully saturated rings. The second kappa shape index (κ2) is 4.34. The second-order valence-electron chi connectivity index (χ2n) is 3.63. The van der Waals surface area contributed by atoms with Crippen LogP contribution in [0.4, 0.5) is 0 Å². The van der Waals surface area contributed by atoms with Crippen molar-refractivity contribution >= 4 is 15.9 Å². The summed E-state index contributed by atoms with van der Waals surface area (Å²) in [6.07, 6.45) is 3.50. The maximum Gasteiger partial charge on any atom is 0.269 e. The Kier molecular flexibility index (Phi) is 2.67. The summed E-state index contributed by atoms with van der Waals surface area (Å²) in [5.41, 5.74) is 1.26. The zero-order valence-electron chi connectivity index (χ0n) is 9.41. The number of hydrogen-bond acceptors (Lipinski definition) is 5. The lowest BCUT2D eigenvalue weighted by molar-refractivity contribution is 0.577. The molecule has 7 heteroatoms. The summed E-state index contributed by atoms with van der Waals surface area (Å²) in [6.45, 7) is 0. The Hall–Kier alpha value is -2.02. The van der Waals surface area contributed by atoms with Crippen molar-refractivity contribution in [2.45, 2.75) is 0 Å². The van der Waals surface area contributed by atoms with Crippen LogP contribution in [0.2, 0.25) is 0 Å². The molecule has 0 spiro atoms. The predicted octanol–water partition coefficient (Wildman–Crippen LogP) is 2.29. The van der Waals surface area contributed by atoms with Gasteiger partial charge in [-0.1, -0.05) is 6.07 Å². The second-order valence-corrected chi connectivity index (χ2v) is 4.48. The van der Waals surface area contributed by atoms with E-state index >= 15 is 0 Å². The van der Waals surface area contributed by atoms with Gasteiger partial charge in [-0.2, -0.15) is 5.10 Å². The van der Waals surface area contributed by atoms with Crippen LogP contribution in [0.3, 0.4) is 0 Å². The SMILES string of the molecule is Cn1cc(Br)c(-c2nnc(-c3ccccn3)o2)n1. The molecule has 0 aliphatic heterocycles. The van der Waals surface area contributed by atoms with Gasteiger partial charge in [0.2, 0.25) is 0 Å². The normalized spacial score (nSPS) is 10.8. The van der Waals surface area contributed by atoms with E-state index in [2.05, 4.69) is 36.2 Å². The lowest BCUT2D eigenvalue weighted by Crippen LogP contribution is -1.87. The van der Waals surface area contributed by atoms with Crippen LogP contribution >= 0.6 is 15.9 Å². The van der Waals surface area contributed by atoms with Gasteiger partial charge in [-0.25, -0.2) is 0 Å². The van der Waals surface area contributed by atoms with Crippen LogP contribution in [0.5, 0.6) is 0 Å². The fraction of sp³-hybridized carbons (Fsp3) is 0.0909. The average molecular weight is 306 g/mol. The van der Waals surface area contributed by atoms with Gasteiger partial charge in [0.1, 0.15) is 5.69 Å². The third kappa shape index (κ3) is 1.92. The van der Waals surface area contributed by atoms with Crippen LogP contribution in [0.15, 0.2) is 39.5 Å². The number of rotatable bonds is 2. The molecule has 0 radical (unpaired) electrons. The summed E-state index contributed by atoms with van der Waals surface area (Å²) in [7, 11) is 1.82. The van der Waals surface area contributed by atoms with Gasteiger partial charge in [0, 0.05) is 19.4 Å². The van der Waals surface area contributed by atoms with E-state index in [0.29, 0.717) is 23.2 Å². The molecule has 6 nitrogen and oxygen atoms in total. The molecule has 0 unspecified atom stereocenters.